The van der Waals surface area contributed by atoms with Crippen LogP contribution in [-0.2, 0) is 11.2 Å². The average Bonchev–Trinajstić information content (AvgIpc) is 2.19. The van der Waals surface area contributed by atoms with E-state index in [1.165, 1.54) is 11.1 Å². The molecule has 0 atom stereocenters. The van der Waals surface area contributed by atoms with Crippen LogP contribution in [0.4, 0.5) is 0 Å². The Kier molecular flexibility index (Phi) is 4.14. The van der Waals surface area contributed by atoms with Gasteiger partial charge in [-0.15, -0.1) is 0 Å². The van der Waals surface area contributed by atoms with E-state index in [1.54, 1.807) is 7.05 Å². The van der Waals surface area contributed by atoms with Gasteiger partial charge in [0.1, 0.15) is 0 Å². The lowest BCUT2D eigenvalue weighted by molar-refractivity contribution is -0.120. The Morgan fingerprint density at radius 1 is 1.50 bits per heavy atom. The standard InChI is InChI=1S/C11H14BrNO/c1-8-7-9(3-5-10(8)12)4-6-11(14)13-2/h3,5,7H,4,6H2,1-2H3,(H,13,14). The first kappa shape index (κ1) is 11.2. The Morgan fingerprint density at radius 3 is 2.79 bits per heavy atom. The molecule has 0 aromatic heterocycles. The number of rotatable bonds is 3. The van der Waals surface area contributed by atoms with Crippen LogP contribution < -0.4 is 5.32 Å². The van der Waals surface area contributed by atoms with Crippen molar-refractivity contribution in [1.29, 1.82) is 0 Å². The number of benzene rings is 1. The van der Waals surface area contributed by atoms with Gasteiger partial charge in [0.25, 0.3) is 0 Å². The molecular weight excluding hydrogens is 242 g/mol. The molecule has 1 N–H and O–H groups in total. The van der Waals surface area contributed by atoms with Gasteiger partial charge in [-0.2, -0.15) is 0 Å². The summed E-state index contributed by atoms with van der Waals surface area (Å²) in [6, 6.07) is 6.17. The third kappa shape index (κ3) is 3.14. The van der Waals surface area contributed by atoms with Gasteiger partial charge in [0.15, 0.2) is 0 Å². The topological polar surface area (TPSA) is 29.1 Å². The molecule has 1 amide bonds. The summed E-state index contributed by atoms with van der Waals surface area (Å²) >= 11 is 3.44. The molecule has 0 aliphatic heterocycles. The van der Waals surface area contributed by atoms with E-state index in [-0.39, 0.29) is 5.91 Å². The number of hydrogen-bond donors (Lipinski definition) is 1. The predicted octanol–water partition coefficient (Wildman–Crippen LogP) is 2.44. The smallest absolute Gasteiger partial charge is 0.220 e. The lowest BCUT2D eigenvalue weighted by atomic mass is 10.1. The normalized spacial score (nSPS) is 9.93. The van der Waals surface area contributed by atoms with E-state index < -0.39 is 0 Å². The van der Waals surface area contributed by atoms with Crippen molar-refractivity contribution in [3.63, 3.8) is 0 Å². The fourth-order valence-electron chi connectivity index (χ4n) is 1.25. The summed E-state index contributed by atoms with van der Waals surface area (Å²) in [5, 5.41) is 2.61. The molecule has 0 heterocycles. The zero-order valence-corrected chi connectivity index (χ0v) is 10.0. The summed E-state index contributed by atoms with van der Waals surface area (Å²) in [6.07, 6.45) is 1.35. The minimum Gasteiger partial charge on any atom is -0.359 e. The first-order valence-corrected chi connectivity index (χ1v) is 5.38. The first-order chi connectivity index (χ1) is 6.63. The molecule has 0 saturated heterocycles. The largest absolute Gasteiger partial charge is 0.359 e. The van der Waals surface area contributed by atoms with Gasteiger partial charge >= 0.3 is 0 Å². The van der Waals surface area contributed by atoms with Crippen molar-refractivity contribution in [2.24, 2.45) is 0 Å². The van der Waals surface area contributed by atoms with Gasteiger partial charge in [-0.05, 0) is 30.5 Å². The summed E-state index contributed by atoms with van der Waals surface area (Å²) in [7, 11) is 1.66. The average molecular weight is 256 g/mol. The minimum atomic E-state index is 0.0885. The summed E-state index contributed by atoms with van der Waals surface area (Å²) in [5.41, 5.74) is 2.41. The molecule has 1 aromatic carbocycles. The highest BCUT2D eigenvalue weighted by molar-refractivity contribution is 9.10. The zero-order valence-electron chi connectivity index (χ0n) is 8.43. The van der Waals surface area contributed by atoms with Crippen molar-refractivity contribution in [1.82, 2.24) is 5.32 Å². The van der Waals surface area contributed by atoms with Crippen molar-refractivity contribution < 1.29 is 4.79 Å². The van der Waals surface area contributed by atoms with Crippen LogP contribution in [0, 0.1) is 6.92 Å². The van der Waals surface area contributed by atoms with Crippen LogP contribution >= 0.6 is 15.9 Å². The van der Waals surface area contributed by atoms with E-state index in [4.69, 9.17) is 0 Å². The molecule has 1 aromatic rings. The summed E-state index contributed by atoms with van der Waals surface area (Å²) in [5.74, 6) is 0.0885. The van der Waals surface area contributed by atoms with E-state index >= 15 is 0 Å². The van der Waals surface area contributed by atoms with E-state index in [9.17, 15) is 4.79 Å². The number of aryl methyl sites for hydroxylation is 2. The maximum Gasteiger partial charge on any atom is 0.220 e. The highest BCUT2D eigenvalue weighted by atomic mass is 79.9. The molecule has 1 rings (SSSR count). The lowest BCUT2D eigenvalue weighted by Gasteiger charge is -2.03. The van der Waals surface area contributed by atoms with Crippen molar-refractivity contribution in [3.05, 3.63) is 33.8 Å². The predicted molar refractivity (Wildman–Crippen MR) is 61.3 cm³/mol. The van der Waals surface area contributed by atoms with Crippen molar-refractivity contribution >= 4 is 21.8 Å². The third-order valence-electron chi connectivity index (χ3n) is 2.14. The Balaban J connectivity index is 2.60. The summed E-state index contributed by atoms with van der Waals surface area (Å²) in [4.78, 5) is 11.0. The number of halogens is 1. The van der Waals surface area contributed by atoms with E-state index in [2.05, 4.69) is 27.3 Å². The maximum absolute atomic E-state index is 11.0. The minimum absolute atomic E-state index is 0.0885. The number of nitrogens with one attached hydrogen (secondary N) is 1. The van der Waals surface area contributed by atoms with E-state index in [0.717, 1.165) is 10.9 Å². The molecule has 0 aliphatic rings. The molecular formula is C11H14BrNO. The first-order valence-electron chi connectivity index (χ1n) is 4.59. The molecule has 0 unspecified atom stereocenters. The van der Waals surface area contributed by atoms with Gasteiger partial charge in [-0.3, -0.25) is 4.79 Å². The van der Waals surface area contributed by atoms with Crippen molar-refractivity contribution in [3.8, 4) is 0 Å². The van der Waals surface area contributed by atoms with Crippen LogP contribution in [0.25, 0.3) is 0 Å². The van der Waals surface area contributed by atoms with E-state index in [0.29, 0.717) is 6.42 Å². The number of carbonyl (C=O) groups is 1. The Hall–Kier alpha value is -0.830. The van der Waals surface area contributed by atoms with Crippen LogP contribution in [0.1, 0.15) is 17.5 Å². The van der Waals surface area contributed by atoms with Crippen LogP contribution in [0.3, 0.4) is 0 Å². The molecule has 0 aliphatic carbocycles. The van der Waals surface area contributed by atoms with E-state index in [1.807, 2.05) is 19.1 Å². The van der Waals surface area contributed by atoms with Gasteiger partial charge in [0.05, 0.1) is 0 Å². The van der Waals surface area contributed by atoms with Gasteiger partial charge in [-0.1, -0.05) is 28.1 Å². The molecule has 76 valence electrons. The van der Waals surface area contributed by atoms with Crippen LogP contribution in [-0.4, -0.2) is 13.0 Å². The monoisotopic (exact) mass is 255 g/mol. The van der Waals surface area contributed by atoms with Crippen LogP contribution in [0.15, 0.2) is 22.7 Å². The van der Waals surface area contributed by atoms with Crippen molar-refractivity contribution in [2.45, 2.75) is 19.8 Å². The third-order valence-corrected chi connectivity index (χ3v) is 3.03. The van der Waals surface area contributed by atoms with Gasteiger partial charge in [0, 0.05) is 17.9 Å². The molecule has 0 saturated carbocycles. The Bertz CT molecular complexity index is 336. The molecule has 0 spiro atoms. The Labute approximate surface area is 92.8 Å². The van der Waals surface area contributed by atoms with Gasteiger partial charge in [-0.25, -0.2) is 0 Å². The molecule has 2 nitrogen and oxygen atoms in total. The number of carbonyl (C=O) groups excluding carboxylic acids is 1. The van der Waals surface area contributed by atoms with Crippen molar-refractivity contribution in [2.75, 3.05) is 7.05 Å². The quantitative estimate of drug-likeness (QED) is 0.884. The number of hydrogen-bond acceptors (Lipinski definition) is 1. The molecule has 14 heavy (non-hydrogen) atoms. The molecule has 3 heteroatoms. The highest BCUT2D eigenvalue weighted by Gasteiger charge is 2.01. The van der Waals surface area contributed by atoms with Gasteiger partial charge in [0.2, 0.25) is 5.91 Å². The summed E-state index contributed by atoms with van der Waals surface area (Å²) in [6.45, 7) is 2.05. The molecule has 0 bridgehead atoms. The number of amides is 1. The van der Waals surface area contributed by atoms with Crippen LogP contribution in [0.2, 0.25) is 0 Å². The maximum atomic E-state index is 11.0. The Morgan fingerprint density at radius 2 is 2.21 bits per heavy atom. The second-order valence-corrected chi connectivity index (χ2v) is 4.11. The molecule has 0 radical (unpaired) electrons. The fourth-order valence-corrected chi connectivity index (χ4v) is 1.49. The zero-order chi connectivity index (χ0) is 10.6. The molecule has 0 fully saturated rings. The van der Waals surface area contributed by atoms with Crippen LogP contribution in [0.5, 0.6) is 0 Å². The second kappa shape index (κ2) is 5.15. The summed E-state index contributed by atoms with van der Waals surface area (Å²) < 4.78 is 1.11. The fraction of sp³-hybridized carbons (Fsp3) is 0.364. The second-order valence-electron chi connectivity index (χ2n) is 3.26. The SMILES string of the molecule is CNC(=O)CCc1ccc(Br)c(C)c1. The highest BCUT2D eigenvalue weighted by Crippen LogP contribution is 2.17. The van der Waals surface area contributed by atoms with Gasteiger partial charge < -0.3 is 5.32 Å². The lowest BCUT2D eigenvalue weighted by Crippen LogP contribution is -2.17.